The van der Waals surface area contributed by atoms with Crippen LogP contribution in [0.4, 0.5) is 15.3 Å². The summed E-state index contributed by atoms with van der Waals surface area (Å²) >= 11 is 0.864. The highest BCUT2D eigenvalue weighted by Gasteiger charge is 2.28. The Hall–Kier alpha value is -3.21. The minimum Gasteiger partial charge on any atom is -0.495 e. The summed E-state index contributed by atoms with van der Waals surface area (Å²) in [6.07, 6.45) is 1.33. The maximum absolute atomic E-state index is 12.6. The fourth-order valence-electron chi connectivity index (χ4n) is 3.64. The first kappa shape index (κ1) is 25.4. The van der Waals surface area contributed by atoms with Gasteiger partial charge in [-0.3, -0.25) is 19.7 Å². The highest BCUT2D eigenvalue weighted by Crippen LogP contribution is 2.36. The van der Waals surface area contributed by atoms with Gasteiger partial charge in [-0.15, -0.1) is 0 Å². The average Bonchev–Trinajstić information content (AvgIpc) is 3.08. The van der Waals surface area contributed by atoms with Gasteiger partial charge in [-0.1, -0.05) is 12.1 Å². The highest BCUT2D eigenvalue weighted by molar-refractivity contribution is 8.18. The summed E-state index contributed by atoms with van der Waals surface area (Å²) in [7, 11) is 1.58. The number of para-hydroxylation sites is 1. The predicted molar refractivity (Wildman–Crippen MR) is 130 cm³/mol. The van der Waals surface area contributed by atoms with E-state index in [9.17, 15) is 19.2 Å². The second kappa shape index (κ2) is 10.8. The van der Waals surface area contributed by atoms with Crippen molar-refractivity contribution in [1.29, 1.82) is 0 Å². The molecule has 0 aromatic heterocycles. The van der Waals surface area contributed by atoms with Crippen molar-refractivity contribution in [3.63, 3.8) is 0 Å². The Bertz CT molecular complexity index is 996. The van der Waals surface area contributed by atoms with Gasteiger partial charge in [-0.25, -0.2) is 4.79 Å². The zero-order valence-electron chi connectivity index (χ0n) is 19.8. The maximum Gasteiger partial charge on any atom is 0.407 e. The van der Waals surface area contributed by atoms with Crippen molar-refractivity contribution in [1.82, 2.24) is 15.5 Å². The summed E-state index contributed by atoms with van der Waals surface area (Å²) in [5.41, 5.74) is 0.977. The van der Waals surface area contributed by atoms with Crippen LogP contribution in [-0.2, 0) is 14.3 Å². The van der Waals surface area contributed by atoms with Crippen LogP contribution in [0.3, 0.4) is 0 Å². The van der Waals surface area contributed by atoms with Crippen LogP contribution >= 0.6 is 11.8 Å². The van der Waals surface area contributed by atoms with Gasteiger partial charge < -0.3 is 24.6 Å². The third-order valence-electron chi connectivity index (χ3n) is 5.13. The van der Waals surface area contributed by atoms with E-state index in [1.807, 2.05) is 18.2 Å². The van der Waals surface area contributed by atoms with E-state index in [0.717, 1.165) is 23.0 Å². The second-order valence-electron chi connectivity index (χ2n) is 8.80. The maximum atomic E-state index is 12.6. The smallest absolute Gasteiger partial charge is 0.407 e. The number of thioether (sulfide) groups is 1. The zero-order chi connectivity index (χ0) is 24.9. The third kappa shape index (κ3) is 6.66. The summed E-state index contributed by atoms with van der Waals surface area (Å²) < 4.78 is 10.7. The van der Waals surface area contributed by atoms with Gasteiger partial charge in [0.2, 0.25) is 5.91 Å². The molecule has 2 heterocycles. The van der Waals surface area contributed by atoms with Gasteiger partial charge in [0.25, 0.3) is 11.1 Å². The number of ether oxygens (including phenoxy) is 2. The van der Waals surface area contributed by atoms with E-state index in [-0.39, 0.29) is 18.9 Å². The topological polar surface area (TPSA) is 117 Å². The van der Waals surface area contributed by atoms with Crippen LogP contribution in [0.5, 0.6) is 5.75 Å². The molecular formula is C23H30N4O6S. The molecule has 0 unspecified atom stereocenters. The van der Waals surface area contributed by atoms with E-state index in [1.54, 1.807) is 38.9 Å². The number of imide groups is 1. The van der Waals surface area contributed by atoms with Gasteiger partial charge >= 0.3 is 6.09 Å². The molecule has 0 atom stereocenters. The van der Waals surface area contributed by atoms with Crippen LogP contribution in [0, 0.1) is 0 Å². The molecule has 0 bridgehead atoms. The number of nitrogens with one attached hydrogen (secondary N) is 2. The third-order valence-corrected chi connectivity index (χ3v) is 5.95. The predicted octanol–water partition coefficient (Wildman–Crippen LogP) is 2.58. The minimum absolute atomic E-state index is 0.0457. The molecule has 2 fully saturated rings. The molecule has 10 nitrogen and oxygen atoms in total. The van der Waals surface area contributed by atoms with Gasteiger partial charge in [-0.05, 0) is 44.7 Å². The summed E-state index contributed by atoms with van der Waals surface area (Å²) in [5, 5.41) is 4.47. The molecule has 1 aromatic carbocycles. The van der Waals surface area contributed by atoms with Crippen LogP contribution in [0.2, 0.25) is 0 Å². The molecule has 2 saturated heterocycles. The van der Waals surface area contributed by atoms with Gasteiger partial charge in [0.05, 0.1) is 17.7 Å². The summed E-state index contributed by atoms with van der Waals surface area (Å²) in [6.45, 7) is 7.70. The molecule has 0 radical (unpaired) electrons. The highest BCUT2D eigenvalue weighted by atomic mass is 32.2. The van der Waals surface area contributed by atoms with Crippen molar-refractivity contribution in [2.75, 3.05) is 44.7 Å². The number of rotatable bonds is 6. The number of piperazine rings is 1. The number of nitrogens with zero attached hydrogens (tertiary/aromatic N) is 2. The molecular weight excluding hydrogens is 460 g/mol. The number of alkyl carbamates (subject to hydrolysis) is 1. The molecule has 0 spiro atoms. The molecule has 3 rings (SSSR count). The van der Waals surface area contributed by atoms with Crippen molar-refractivity contribution in [2.45, 2.75) is 32.8 Å². The lowest BCUT2D eigenvalue weighted by atomic mass is 10.1. The summed E-state index contributed by atoms with van der Waals surface area (Å²) in [6, 6.07) is 5.52. The first-order valence-electron chi connectivity index (χ1n) is 11.0. The molecule has 2 aliphatic rings. The minimum atomic E-state index is -0.590. The fraction of sp³-hybridized carbons (Fsp3) is 0.478. The second-order valence-corrected chi connectivity index (χ2v) is 9.81. The number of carbonyl (C=O) groups is 4. The Balaban J connectivity index is 1.61. The molecule has 1 aromatic rings. The molecule has 34 heavy (non-hydrogen) atoms. The SMILES string of the molecule is COc1cccc(/C=C2\SC(=O)NC2=O)c1N1CCN(C(=O)CCNC(=O)OC(C)(C)C)CC1. The van der Waals surface area contributed by atoms with Crippen molar-refractivity contribution in [3.8, 4) is 5.75 Å². The standard InChI is InChI=1S/C23H30N4O6S/c1-23(2,3)33-21(30)24-9-8-18(28)26-10-12-27(13-11-26)19-15(6-5-7-16(19)32-4)14-17-20(29)25-22(31)34-17/h5-7,14H,8-13H2,1-4H3,(H,24,30)(H,25,29,31)/b17-14-. The number of methoxy groups -OCH3 is 1. The summed E-state index contributed by atoms with van der Waals surface area (Å²) in [5.74, 6) is 0.181. The molecule has 4 amide bonds. The van der Waals surface area contributed by atoms with Crippen molar-refractivity contribution in [2.24, 2.45) is 0 Å². The number of amides is 4. The lowest BCUT2D eigenvalue weighted by Crippen LogP contribution is -2.49. The monoisotopic (exact) mass is 490 g/mol. The largest absolute Gasteiger partial charge is 0.495 e. The van der Waals surface area contributed by atoms with Gasteiger partial charge in [0.15, 0.2) is 0 Å². The molecule has 0 saturated carbocycles. The Kier molecular flexibility index (Phi) is 8.08. The van der Waals surface area contributed by atoms with Gasteiger partial charge in [0.1, 0.15) is 11.4 Å². The normalized spacial score (nSPS) is 17.6. The number of hydrogen-bond donors (Lipinski definition) is 2. The van der Waals surface area contributed by atoms with E-state index in [2.05, 4.69) is 15.5 Å². The van der Waals surface area contributed by atoms with E-state index in [4.69, 9.17) is 9.47 Å². The molecule has 0 aliphatic carbocycles. The first-order chi connectivity index (χ1) is 16.1. The zero-order valence-corrected chi connectivity index (χ0v) is 20.6. The molecule has 184 valence electrons. The lowest BCUT2D eigenvalue weighted by molar-refractivity contribution is -0.131. The number of benzene rings is 1. The number of anilines is 1. The van der Waals surface area contributed by atoms with E-state index in [1.165, 1.54) is 0 Å². The van der Waals surface area contributed by atoms with Gasteiger partial charge in [-0.2, -0.15) is 0 Å². The fourth-order valence-corrected chi connectivity index (χ4v) is 4.32. The Morgan fingerprint density at radius 3 is 2.47 bits per heavy atom. The average molecular weight is 491 g/mol. The van der Waals surface area contributed by atoms with Crippen LogP contribution in [0.15, 0.2) is 23.1 Å². The van der Waals surface area contributed by atoms with Crippen molar-refractivity contribution < 1.29 is 28.7 Å². The van der Waals surface area contributed by atoms with E-state index in [0.29, 0.717) is 36.8 Å². The Morgan fingerprint density at radius 1 is 1.18 bits per heavy atom. The Labute approximate surface area is 203 Å². The van der Waals surface area contributed by atoms with Crippen LogP contribution in [0.25, 0.3) is 6.08 Å². The summed E-state index contributed by atoms with van der Waals surface area (Å²) in [4.78, 5) is 52.1. The first-order valence-corrected chi connectivity index (χ1v) is 11.8. The quantitative estimate of drug-likeness (QED) is 0.585. The van der Waals surface area contributed by atoms with Crippen molar-refractivity contribution >= 4 is 46.7 Å². The van der Waals surface area contributed by atoms with Crippen LogP contribution in [0.1, 0.15) is 32.8 Å². The van der Waals surface area contributed by atoms with Crippen LogP contribution in [-0.4, -0.2) is 73.5 Å². The lowest BCUT2D eigenvalue weighted by Gasteiger charge is -2.37. The molecule has 2 aliphatic heterocycles. The van der Waals surface area contributed by atoms with Crippen LogP contribution < -0.4 is 20.3 Å². The van der Waals surface area contributed by atoms with Gasteiger partial charge in [0, 0.05) is 44.7 Å². The van der Waals surface area contributed by atoms with E-state index >= 15 is 0 Å². The van der Waals surface area contributed by atoms with Crippen molar-refractivity contribution in [3.05, 3.63) is 28.7 Å². The number of hydrogen-bond acceptors (Lipinski definition) is 8. The molecule has 11 heteroatoms. The number of carbonyl (C=O) groups excluding carboxylic acids is 4. The molecule has 2 N–H and O–H groups in total. The van der Waals surface area contributed by atoms with E-state index < -0.39 is 22.8 Å². The Morgan fingerprint density at radius 2 is 1.88 bits per heavy atom.